The lowest BCUT2D eigenvalue weighted by atomic mass is 10.1. The maximum Gasteiger partial charge on any atom is 0.271 e. The van der Waals surface area contributed by atoms with E-state index in [1.54, 1.807) is 13.8 Å². The van der Waals surface area contributed by atoms with Crippen LogP contribution in [0.3, 0.4) is 0 Å². The van der Waals surface area contributed by atoms with Crippen LogP contribution in [-0.2, 0) is 14.8 Å². The molecule has 0 radical (unpaired) electrons. The second-order valence-corrected chi connectivity index (χ2v) is 9.69. The Morgan fingerprint density at radius 3 is 2.53 bits per heavy atom. The van der Waals surface area contributed by atoms with Gasteiger partial charge in [0, 0.05) is 17.5 Å². The molecule has 0 aromatic heterocycles. The number of fused-ring (bicyclic) bond motifs is 1. The number of ether oxygens (including phenoxy) is 1. The van der Waals surface area contributed by atoms with Gasteiger partial charge in [-0.15, -0.1) is 0 Å². The summed E-state index contributed by atoms with van der Waals surface area (Å²) in [5.41, 5.74) is 0.347. The van der Waals surface area contributed by atoms with E-state index >= 15 is 0 Å². The van der Waals surface area contributed by atoms with Crippen LogP contribution in [0.5, 0.6) is 5.75 Å². The van der Waals surface area contributed by atoms with Crippen LogP contribution in [0.2, 0.25) is 0 Å². The van der Waals surface area contributed by atoms with Gasteiger partial charge in [-0.25, -0.2) is 8.42 Å². The normalized spacial score (nSPS) is 12.2. The molecule has 0 aliphatic rings. The first-order chi connectivity index (χ1) is 16.1. The number of hydrogen-bond donors (Lipinski definition) is 1. The van der Waals surface area contributed by atoms with Crippen molar-refractivity contribution in [2.45, 2.75) is 26.3 Å². The highest BCUT2D eigenvalue weighted by Crippen LogP contribution is 2.30. The van der Waals surface area contributed by atoms with Gasteiger partial charge in [-0.1, -0.05) is 49.4 Å². The summed E-state index contributed by atoms with van der Waals surface area (Å²) >= 11 is 0. The summed E-state index contributed by atoms with van der Waals surface area (Å²) < 4.78 is 32.1. The average Bonchev–Trinajstić information content (AvgIpc) is 2.79. The number of amides is 1. The van der Waals surface area contributed by atoms with Crippen molar-refractivity contribution in [1.82, 2.24) is 5.32 Å². The lowest BCUT2D eigenvalue weighted by Gasteiger charge is -2.31. The molecule has 3 aromatic carbocycles. The van der Waals surface area contributed by atoms with Crippen molar-refractivity contribution in [3.05, 3.63) is 76.3 Å². The van der Waals surface area contributed by atoms with E-state index in [2.05, 4.69) is 5.32 Å². The number of carbonyl (C=O) groups is 1. The first kappa shape index (κ1) is 25.0. The third-order valence-electron chi connectivity index (χ3n) is 5.38. The Hall–Kier alpha value is -3.66. The number of nitrogens with one attached hydrogen (secondary N) is 1. The van der Waals surface area contributed by atoms with Crippen molar-refractivity contribution in [2.24, 2.45) is 0 Å². The molecule has 0 aliphatic heterocycles. The lowest BCUT2D eigenvalue weighted by molar-refractivity contribution is -0.384. The fourth-order valence-electron chi connectivity index (χ4n) is 3.76. The molecule has 10 heteroatoms. The van der Waals surface area contributed by atoms with Crippen LogP contribution in [0, 0.1) is 17.0 Å². The zero-order valence-electron chi connectivity index (χ0n) is 19.2. The lowest BCUT2D eigenvalue weighted by Crippen LogP contribution is -2.50. The highest BCUT2D eigenvalue weighted by atomic mass is 32.2. The topological polar surface area (TPSA) is 119 Å². The van der Waals surface area contributed by atoms with E-state index in [1.165, 1.54) is 18.2 Å². The summed E-state index contributed by atoms with van der Waals surface area (Å²) in [5, 5.41) is 15.9. The molecule has 0 spiro atoms. The minimum atomic E-state index is -3.92. The van der Waals surface area contributed by atoms with Crippen LogP contribution in [0.4, 0.5) is 11.4 Å². The minimum absolute atomic E-state index is 0.103. The monoisotopic (exact) mass is 485 g/mol. The molecular formula is C24H27N3O6S. The number of non-ortho nitro benzene ring substituents is 1. The molecule has 0 fully saturated rings. The maximum absolute atomic E-state index is 13.0. The fraction of sp³-hybridized carbons (Fsp3) is 0.292. The zero-order chi connectivity index (χ0) is 24.9. The largest absolute Gasteiger partial charge is 0.491 e. The molecule has 0 unspecified atom stereocenters. The Balaban J connectivity index is 1.75. The highest BCUT2D eigenvalue weighted by molar-refractivity contribution is 7.92. The number of anilines is 1. The Labute approximate surface area is 198 Å². The van der Waals surface area contributed by atoms with E-state index in [0.29, 0.717) is 11.3 Å². The van der Waals surface area contributed by atoms with E-state index in [9.17, 15) is 23.3 Å². The van der Waals surface area contributed by atoms with Gasteiger partial charge in [0.15, 0.2) is 0 Å². The summed E-state index contributed by atoms with van der Waals surface area (Å²) in [4.78, 5) is 23.6. The minimum Gasteiger partial charge on any atom is -0.491 e. The van der Waals surface area contributed by atoms with Gasteiger partial charge in [0.1, 0.15) is 18.4 Å². The Kier molecular flexibility index (Phi) is 7.72. The zero-order valence-corrected chi connectivity index (χ0v) is 20.0. The molecule has 3 rings (SSSR count). The summed E-state index contributed by atoms with van der Waals surface area (Å²) in [5.74, 6) is 0.171. The molecule has 0 saturated heterocycles. The molecule has 0 bridgehead atoms. The Morgan fingerprint density at radius 2 is 1.85 bits per heavy atom. The predicted octanol–water partition coefficient (Wildman–Crippen LogP) is 3.80. The SMILES string of the molecule is CC[C@@H](C(=O)NCCOc1cccc2ccccc12)N(c1cc([N+](=O)[O-])ccc1C)S(C)(=O)=O. The van der Waals surface area contributed by atoms with Gasteiger partial charge in [0.25, 0.3) is 5.69 Å². The third kappa shape index (κ3) is 5.63. The molecule has 0 aliphatic carbocycles. The van der Waals surface area contributed by atoms with Gasteiger partial charge in [-0.05, 0) is 30.4 Å². The average molecular weight is 486 g/mol. The number of sulfonamides is 1. The molecule has 1 amide bonds. The van der Waals surface area contributed by atoms with E-state index in [4.69, 9.17) is 4.74 Å². The first-order valence-corrected chi connectivity index (χ1v) is 12.6. The predicted molar refractivity (Wildman–Crippen MR) is 132 cm³/mol. The Bertz CT molecular complexity index is 1300. The maximum atomic E-state index is 13.0. The smallest absolute Gasteiger partial charge is 0.271 e. The molecule has 0 saturated carbocycles. The van der Waals surface area contributed by atoms with Gasteiger partial charge in [0.05, 0.1) is 23.4 Å². The van der Waals surface area contributed by atoms with Crippen molar-refractivity contribution in [1.29, 1.82) is 0 Å². The number of nitrogens with zero attached hydrogens (tertiary/aromatic N) is 2. The van der Waals surface area contributed by atoms with Crippen LogP contribution < -0.4 is 14.4 Å². The number of carbonyl (C=O) groups excluding carboxylic acids is 1. The number of hydrogen-bond acceptors (Lipinski definition) is 6. The number of aryl methyl sites for hydroxylation is 1. The first-order valence-electron chi connectivity index (χ1n) is 10.8. The van der Waals surface area contributed by atoms with Crippen LogP contribution in [0.25, 0.3) is 10.8 Å². The fourth-order valence-corrected chi connectivity index (χ4v) is 5.02. The number of rotatable bonds is 10. The number of nitro benzene ring substituents is 1. The van der Waals surface area contributed by atoms with Crippen molar-refractivity contribution < 1.29 is 22.9 Å². The standard InChI is InChI=1S/C24H27N3O6S/c1-4-21(26(34(3,31)32)22-16-19(27(29)30)13-12-17(22)2)24(28)25-14-15-33-23-11-7-9-18-8-5-6-10-20(18)23/h5-13,16,21H,4,14-15H2,1-3H3,(H,25,28)/t21-/m0/s1. The molecule has 9 nitrogen and oxygen atoms in total. The molecule has 34 heavy (non-hydrogen) atoms. The number of nitro groups is 1. The number of benzene rings is 3. The van der Waals surface area contributed by atoms with Crippen molar-refractivity contribution in [3.8, 4) is 5.75 Å². The van der Waals surface area contributed by atoms with Crippen molar-refractivity contribution in [3.63, 3.8) is 0 Å². The van der Waals surface area contributed by atoms with Crippen molar-refractivity contribution >= 4 is 38.1 Å². The van der Waals surface area contributed by atoms with Gasteiger partial charge >= 0.3 is 0 Å². The summed E-state index contributed by atoms with van der Waals surface area (Å²) in [6.07, 6.45) is 1.15. The second kappa shape index (κ2) is 10.5. The van der Waals surface area contributed by atoms with Crippen LogP contribution in [-0.4, -0.2) is 44.7 Å². The van der Waals surface area contributed by atoms with E-state index in [0.717, 1.165) is 21.3 Å². The highest BCUT2D eigenvalue weighted by Gasteiger charge is 2.33. The molecule has 1 atom stereocenters. The molecule has 0 heterocycles. The third-order valence-corrected chi connectivity index (χ3v) is 6.54. The molecule has 3 aromatic rings. The van der Waals surface area contributed by atoms with Crippen LogP contribution >= 0.6 is 0 Å². The van der Waals surface area contributed by atoms with Crippen molar-refractivity contribution in [2.75, 3.05) is 23.7 Å². The van der Waals surface area contributed by atoms with E-state index in [1.807, 2.05) is 42.5 Å². The summed E-state index contributed by atoms with van der Waals surface area (Å²) in [6.45, 7) is 3.66. The molecule has 180 valence electrons. The van der Waals surface area contributed by atoms with E-state index in [-0.39, 0.29) is 30.9 Å². The quantitative estimate of drug-likeness (QED) is 0.265. The van der Waals surface area contributed by atoms with Gasteiger partial charge in [-0.3, -0.25) is 19.2 Å². The Morgan fingerprint density at radius 1 is 1.15 bits per heavy atom. The van der Waals surface area contributed by atoms with Crippen LogP contribution in [0.1, 0.15) is 18.9 Å². The van der Waals surface area contributed by atoms with Gasteiger partial charge in [-0.2, -0.15) is 0 Å². The molecule has 1 N–H and O–H groups in total. The summed E-state index contributed by atoms with van der Waals surface area (Å²) in [6, 6.07) is 16.3. The van der Waals surface area contributed by atoms with Crippen LogP contribution in [0.15, 0.2) is 60.7 Å². The van der Waals surface area contributed by atoms with E-state index < -0.39 is 26.9 Å². The van der Waals surface area contributed by atoms with Gasteiger partial charge in [0.2, 0.25) is 15.9 Å². The summed E-state index contributed by atoms with van der Waals surface area (Å²) in [7, 11) is -3.92. The van der Waals surface area contributed by atoms with Gasteiger partial charge < -0.3 is 10.1 Å². The molecular weight excluding hydrogens is 458 g/mol. The second-order valence-electron chi connectivity index (χ2n) is 7.83.